The lowest BCUT2D eigenvalue weighted by atomic mass is 10.3. The lowest BCUT2D eigenvalue weighted by Crippen LogP contribution is -1.91. The van der Waals surface area contributed by atoms with Crippen LogP contribution in [0.25, 0.3) is 0 Å². The topological polar surface area (TPSA) is 9.23 Å². The van der Waals surface area contributed by atoms with Gasteiger partial charge in [-0.2, -0.15) is 0 Å². The van der Waals surface area contributed by atoms with Crippen molar-refractivity contribution in [1.82, 2.24) is 0 Å². The van der Waals surface area contributed by atoms with E-state index in [-0.39, 0.29) is 0 Å². The minimum atomic E-state index is 0.718. The van der Waals surface area contributed by atoms with Crippen molar-refractivity contribution < 1.29 is 4.74 Å². The zero-order valence-corrected chi connectivity index (χ0v) is 5.18. The fourth-order valence-electron chi connectivity index (χ4n) is 1.46. The maximum absolute atomic E-state index is 5.02. The summed E-state index contributed by atoms with van der Waals surface area (Å²) in [4.78, 5) is 0. The molecule has 1 nitrogen and oxygen atoms in total. The maximum Gasteiger partial charge on any atom is 0.0496 e. The van der Waals surface area contributed by atoms with Gasteiger partial charge in [0.05, 0.1) is 0 Å². The first-order valence-electron chi connectivity index (χ1n) is 3.21. The van der Waals surface area contributed by atoms with Crippen LogP contribution in [-0.4, -0.2) is 13.7 Å². The van der Waals surface area contributed by atoms with Crippen LogP contribution in [0.1, 0.15) is 12.8 Å². The molecule has 2 rings (SSSR count). The molecule has 2 aliphatic carbocycles. The molecule has 0 bridgehead atoms. The largest absolute Gasteiger partial charge is 0.384 e. The monoisotopic (exact) mass is 111 g/mol. The molecule has 0 aromatic heterocycles. The van der Waals surface area contributed by atoms with Crippen molar-refractivity contribution in [2.45, 2.75) is 12.8 Å². The zero-order chi connectivity index (χ0) is 5.61. The van der Waals surface area contributed by atoms with Crippen LogP contribution in [0.3, 0.4) is 0 Å². The zero-order valence-electron chi connectivity index (χ0n) is 5.18. The van der Waals surface area contributed by atoms with Gasteiger partial charge >= 0.3 is 0 Å². The van der Waals surface area contributed by atoms with Crippen LogP contribution in [0.2, 0.25) is 0 Å². The van der Waals surface area contributed by atoms with E-state index in [0.717, 1.165) is 17.9 Å². The fraction of sp³-hybridized carbons (Fsp3) is 0.857. The molecule has 45 valence electrons. The van der Waals surface area contributed by atoms with Gasteiger partial charge in [-0.15, -0.1) is 0 Å². The van der Waals surface area contributed by atoms with Gasteiger partial charge in [-0.3, -0.25) is 0 Å². The van der Waals surface area contributed by atoms with Gasteiger partial charge in [0, 0.05) is 13.7 Å². The van der Waals surface area contributed by atoms with E-state index in [0.29, 0.717) is 0 Å². The van der Waals surface area contributed by atoms with Gasteiger partial charge in [0.2, 0.25) is 0 Å². The van der Waals surface area contributed by atoms with Crippen LogP contribution < -0.4 is 0 Å². The first-order valence-corrected chi connectivity index (χ1v) is 3.21. The highest BCUT2D eigenvalue weighted by atomic mass is 16.5. The Kier molecular flexibility index (Phi) is 0.762. The summed E-state index contributed by atoms with van der Waals surface area (Å²) in [6.07, 6.45) is 5.18. The Morgan fingerprint density at radius 3 is 3.00 bits per heavy atom. The quantitative estimate of drug-likeness (QED) is 0.521. The second-order valence-corrected chi connectivity index (χ2v) is 3.00. The Hall–Kier alpha value is -0.0400. The minimum Gasteiger partial charge on any atom is -0.384 e. The van der Waals surface area contributed by atoms with E-state index in [9.17, 15) is 0 Å². The number of ether oxygens (including phenoxy) is 1. The van der Waals surface area contributed by atoms with E-state index in [1.165, 1.54) is 12.8 Å². The number of rotatable bonds is 2. The van der Waals surface area contributed by atoms with Crippen molar-refractivity contribution in [2.75, 3.05) is 13.7 Å². The third kappa shape index (κ3) is 0.510. The second kappa shape index (κ2) is 1.27. The highest BCUT2D eigenvalue weighted by Gasteiger charge is 2.62. The summed E-state index contributed by atoms with van der Waals surface area (Å²) in [5, 5.41) is 0. The summed E-state index contributed by atoms with van der Waals surface area (Å²) in [5.41, 5.74) is 0.718. The number of hydrogen-bond acceptors (Lipinski definition) is 1. The van der Waals surface area contributed by atoms with Gasteiger partial charge in [0.15, 0.2) is 0 Å². The molecule has 2 unspecified atom stereocenters. The average molecular weight is 111 g/mol. The van der Waals surface area contributed by atoms with E-state index in [1.54, 1.807) is 7.11 Å². The van der Waals surface area contributed by atoms with Crippen molar-refractivity contribution in [3.63, 3.8) is 0 Å². The summed E-state index contributed by atoms with van der Waals surface area (Å²) in [7, 11) is 1.79. The van der Waals surface area contributed by atoms with Crippen molar-refractivity contribution in [3.8, 4) is 0 Å². The lowest BCUT2D eigenvalue weighted by molar-refractivity contribution is 0.180. The molecular weight excluding hydrogens is 100 g/mol. The SMILES string of the molecule is COCC1CC12[CH]C2. The molecule has 1 radical (unpaired) electrons. The van der Waals surface area contributed by atoms with Crippen LogP contribution in [0, 0.1) is 17.8 Å². The fourth-order valence-corrected chi connectivity index (χ4v) is 1.46. The third-order valence-electron chi connectivity index (χ3n) is 2.38. The van der Waals surface area contributed by atoms with E-state index in [2.05, 4.69) is 6.42 Å². The van der Waals surface area contributed by atoms with Gasteiger partial charge in [-0.1, -0.05) is 0 Å². The van der Waals surface area contributed by atoms with Gasteiger partial charge in [0.25, 0.3) is 0 Å². The molecule has 0 saturated heterocycles. The van der Waals surface area contributed by atoms with Crippen LogP contribution >= 0.6 is 0 Å². The molecule has 2 aliphatic rings. The van der Waals surface area contributed by atoms with Crippen molar-refractivity contribution in [2.24, 2.45) is 11.3 Å². The lowest BCUT2D eigenvalue weighted by Gasteiger charge is -1.91. The molecule has 1 heteroatoms. The van der Waals surface area contributed by atoms with Crippen LogP contribution in [0.4, 0.5) is 0 Å². The highest BCUT2D eigenvalue weighted by Crippen LogP contribution is 2.69. The molecule has 2 saturated carbocycles. The molecule has 0 aliphatic heterocycles. The van der Waals surface area contributed by atoms with Crippen molar-refractivity contribution >= 4 is 0 Å². The van der Waals surface area contributed by atoms with Gasteiger partial charge < -0.3 is 4.74 Å². The van der Waals surface area contributed by atoms with Gasteiger partial charge in [0.1, 0.15) is 0 Å². The first kappa shape index (κ1) is 4.80. The third-order valence-corrected chi connectivity index (χ3v) is 2.38. The number of methoxy groups -OCH3 is 1. The summed E-state index contributed by atoms with van der Waals surface area (Å²) in [6, 6.07) is 0. The van der Waals surface area contributed by atoms with E-state index >= 15 is 0 Å². The summed E-state index contributed by atoms with van der Waals surface area (Å²) in [5.74, 6) is 0.896. The Balaban J connectivity index is 1.80. The smallest absolute Gasteiger partial charge is 0.0496 e. The Labute approximate surface area is 50.0 Å². The molecule has 0 heterocycles. The second-order valence-electron chi connectivity index (χ2n) is 3.00. The molecule has 2 atom stereocenters. The number of hydrogen-bond donors (Lipinski definition) is 0. The van der Waals surface area contributed by atoms with Gasteiger partial charge in [-0.05, 0) is 30.6 Å². The van der Waals surface area contributed by atoms with Crippen LogP contribution in [0.5, 0.6) is 0 Å². The predicted octanol–water partition coefficient (Wildman–Crippen LogP) is 1.25. The predicted molar refractivity (Wildman–Crippen MR) is 31.3 cm³/mol. The molecule has 0 aromatic rings. The molecule has 2 fully saturated rings. The van der Waals surface area contributed by atoms with Crippen molar-refractivity contribution in [1.29, 1.82) is 0 Å². The molecule has 1 spiro atoms. The summed E-state index contributed by atoms with van der Waals surface area (Å²) >= 11 is 0. The maximum atomic E-state index is 5.02. The molecular formula is C7H11O. The average Bonchev–Trinajstić information content (AvgIpc) is 2.57. The van der Waals surface area contributed by atoms with Gasteiger partial charge in [-0.25, -0.2) is 0 Å². The first-order chi connectivity index (χ1) is 3.87. The van der Waals surface area contributed by atoms with E-state index in [4.69, 9.17) is 4.74 Å². The molecule has 8 heavy (non-hydrogen) atoms. The highest BCUT2D eigenvalue weighted by molar-refractivity contribution is 5.24. The molecule has 0 N–H and O–H groups in total. The molecule has 0 aromatic carbocycles. The standard InChI is InChI=1S/C7H11O/c1-8-5-6-4-7(6)2-3-7/h2,6H,3-5H2,1H3. The normalized spacial score (nSPS) is 37.9. The van der Waals surface area contributed by atoms with Crippen LogP contribution in [-0.2, 0) is 4.74 Å². The minimum absolute atomic E-state index is 0.718. The Morgan fingerprint density at radius 2 is 2.62 bits per heavy atom. The van der Waals surface area contributed by atoms with E-state index < -0.39 is 0 Å². The summed E-state index contributed by atoms with van der Waals surface area (Å²) in [6.45, 7) is 0.983. The van der Waals surface area contributed by atoms with Crippen LogP contribution in [0.15, 0.2) is 0 Å². The van der Waals surface area contributed by atoms with E-state index in [1.807, 2.05) is 0 Å². The Bertz CT molecular complexity index is 105. The van der Waals surface area contributed by atoms with Crippen molar-refractivity contribution in [3.05, 3.63) is 6.42 Å². The Morgan fingerprint density at radius 1 is 1.88 bits per heavy atom. The summed E-state index contributed by atoms with van der Waals surface area (Å²) < 4.78 is 5.02. The molecule has 0 amide bonds.